The number of aromatic nitrogens is 5. The predicted molar refractivity (Wildman–Crippen MR) is 51.3 cm³/mol. The third kappa shape index (κ3) is 1.48. The fourth-order valence-electron chi connectivity index (χ4n) is 1.15. The van der Waals surface area contributed by atoms with Gasteiger partial charge in [0.05, 0.1) is 5.69 Å². The van der Waals surface area contributed by atoms with Crippen LogP contribution in [0.2, 0.25) is 0 Å². The van der Waals surface area contributed by atoms with Crippen LogP contribution in [0.25, 0.3) is 11.6 Å². The molecule has 2 rings (SSSR count). The van der Waals surface area contributed by atoms with Crippen LogP contribution in [0.3, 0.4) is 0 Å². The number of rotatable bonds is 1. The minimum Gasteiger partial charge on any atom is -0.382 e. The van der Waals surface area contributed by atoms with Crippen molar-refractivity contribution < 1.29 is 0 Å². The third-order valence-corrected chi connectivity index (χ3v) is 1.86. The van der Waals surface area contributed by atoms with Crippen molar-refractivity contribution in [2.45, 2.75) is 6.92 Å². The lowest BCUT2D eigenvalue weighted by atomic mass is 10.2. The summed E-state index contributed by atoms with van der Waals surface area (Å²) in [5.74, 6) is 0.909. The van der Waals surface area contributed by atoms with E-state index in [0.29, 0.717) is 22.9 Å². The number of nitriles is 1. The first-order valence-corrected chi connectivity index (χ1v) is 4.12. The lowest BCUT2D eigenvalue weighted by molar-refractivity contribution is 1.04. The van der Waals surface area contributed by atoms with E-state index in [2.05, 4.69) is 25.1 Å². The molecule has 0 unspecified atom stereocenters. The van der Waals surface area contributed by atoms with Crippen molar-refractivity contribution >= 4 is 5.82 Å². The van der Waals surface area contributed by atoms with Gasteiger partial charge in [-0.1, -0.05) is 0 Å². The molecule has 0 spiro atoms. The van der Waals surface area contributed by atoms with E-state index in [1.54, 1.807) is 6.92 Å². The Balaban J connectivity index is 2.59. The Labute approximate surface area is 85.0 Å². The van der Waals surface area contributed by atoms with Crippen LogP contribution in [-0.2, 0) is 0 Å². The lowest BCUT2D eigenvalue weighted by Gasteiger charge is -2.02. The van der Waals surface area contributed by atoms with Crippen molar-refractivity contribution in [2.24, 2.45) is 0 Å². The number of hydrogen-bond acceptors (Lipinski definition) is 6. The second kappa shape index (κ2) is 3.34. The van der Waals surface area contributed by atoms with Gasteiger partial charge in [-0.2, -0.15) is 10.4 Å². The summed E-state index contributed by atoms with van der Waals surface area (Å²) < 4.78 is 0. The highest BCUT2D eigenvalue weighted by atomic mass is 15.2. The number of nitrogen functional groups attached to an aromatic ring is 1. The van der Waals surface area contributed by atoms with Gasteiger partial charge in [-0.05, 0) is 6.92 Å². The van der Waals surface area contributed by atoms with Crippen molar-refractivity contribution in [1.29, 1.82) is 5.26 Å². The molecule has 3 N–H and O–H groups in total. The van der Waals surface area contributed by atoms with E-state index >= 15 is 0 Å². The zero-order valence-electron chi connectivity index (χ0n) is 7.89. The van der Waals surface area contributed by atoms with Gasteiger partial charge in [0.2, 0.25) is 0 Å². The molecule has 0 aliphatic heterocycles. The summed E-state index contributed by atoms with van der Waals surface area (Å²) >= 11 is 0. The fraction of sp³-hybridized carbons (Fsp3) is 0.125. The van der Waals surface area contributed by atoms with Gasteiger partial charge in [-0.3, -0.25) is 5.10 Å². The van der Waals surface area contributed by atoms with Gasteiger partial charge in [-0.15, -0.1) is 0 Å². The van der Waals surface area contributed by atoms with Crippen molar-refractivity contribution in [3.05, 3.63) is 17.6 Å². The number of nitrogens with one attached hydrogen (secondary N) is 1. The highest BCUT2D eigenvalue weighted by Gasteiger charge is 2.11. The standard InChI is InChI=1S/C8H7N7/c1-4-5(2-9)6(10)14-8(13-4)7-11-3-12-15-7/h3H,1H3,(H2,10,13,14)(H,11,12,15). The summed E-state index contributed by atoms with van der Waals surface area (Å²) in [7, 11) is 0. The van der Waals surface area contributed by atoms with Crippen molar-refractivity contribution in [3.8, 4) is 17.7 Å². The molecule has 74 valence electrons. The minimum atomic E-state index is 0.149. The topological polar surface area (TPSA) is 117 Å². The van der Waals surface area contributed by atoms with Gasteiger partial charge in [0.15, 0.2) is 11.6 Å². The van der Waals surface area contributed by atoms with E-state index in [-0.39, 0.29) is 5.82 Å². The second-order valence-electron chi connectivity index (χ2n) is 2.84. The molecule has 7 nitrogen and oxygen atoms in total. The third-order valence-electron chi connectivity index (χ3n) is 1.86. The lowest BCUT2D eigenvalue weighted by Crippen LogP contribution is -2.03. The van der Waals surface area contributed by atoms with Crippen molar-refractivity contribution in [3.63, 3.8) is 0 Å². The van der Waals surface area contributed by atoms with Crippen LogP contribution >= 0.6 is 0 Å². The number of hydrogen-bond donors (Lipinski definition) is 2. The molecule has 2 aromatic rings. The summed E-state index contributed by atoms with van der Waals surface area (Å²) in [5, 5.41) is 15.1. The van der Waals surface area contributed by atoms with Crippen LogP contribution in [0.5, 0.6) is 0 Å². The number of anilines is 1. The fourth-order valence-corrected chi connectivity index (χ4v) is 1.15. The second-order valence-corrected chi connectivity index (χ2v) is 2.84. The van der Waals surface area contributed by atoms with Crippen LogP contribution in [-0.4, -0.2) is 25.1 Å². The molecule has 7 heteroatoms. The zero-order valence-corrected chi connectivity index (χ0v) is 7.89. The van der Waals surface area contributed by atoms with Crippen LogP contribution in [0.1, 0.15) is 11.3 Å². The van der Waals surface area contributed by atoms with E-state index < -0.39 is 0 Å². The van der Waals surface area contributed by atoms with Gasteiger partial charge in [0.25, 0.3) is 0 Å². The SMILES string of the molecule is Cc1nc(-c2ncn[nH]2)nc(N)c1C#N. The molecule has 0 atom stereocenters. The Morgan fingerprint density at radius 1 is 1.47 bits per heavy atom. The Morgan fingerprint density at radius 3 is 2.80 bits per heavy atom. The molecule has 0 aliphatic rings. The first-order chi connectivity index (χ1) is 7.22. The van der Waals surface area contributed by atoms with E-state index in [0.717, 1.165) is 0 Å². The van der Waals surface area contributed by atoms with Crippen LogP contribution in [0.4, 0.5) is 5.82 Å². The quantitative estimate of drug-likeness (QED) is 0.671. The van der Waals surface area contributed by atoms with Crippen LogP contribution < -0.4 is 5.73 Å². The number of aromatic amines is 1. The molecule has 0 amide bonds. The molecular weight excluding hydrogens is 194 g/mol. The highest BCUT2D eigenvalue weighted by molar-refractivity contribution is 5.56. The summed E-state index contributed by atoms with van der Waals surface area (Å²) in [6, 6.07) is 1.94. The maximum absolute atomic E-state index is 8.77. The van der Waals surface area contributed by atoms with Gasteiger partial charge < -0.3 is 5.73 Å². The first kappa shape index (κ1) is 9.08. The average Bonchev–Trinajstić information content (AvgIpc) is 2.69. The maximum Gasteiger partial charge on any atom is 0.199 e. The van der Waals surface area contributed by atoms with E-state index in [4.69, 9.17) is 11.0 Å². The molecule has 2 heterocycles. The summed E-state index contributed by atoms with van der Waals surface area (Å²) in [6.07, 6.45) is 1.35. The molecule has 0 fully saturated rings. The van der Waals surface area contributed by atoms with E-state index in [1.165, 1.54) is 6.33 Å². The van der Waals surface area contributed by atoms with Gasteiger partial charge in [0, 0.05) is 0 Å². The highest BCUT2D eigenvalue weighted by Crippen LogP contribution is 2.15. The molecule has 0 aliphatic carbocycles. The molecule has 2 aromatic heterocycles. The number of nitrogens with zero attached hydrogens (tertiary/aromatic N) is 5. The van der Waals surface area contributed by atoms with E-state index in [1.807, 2.05) is 6.07 Å². The average molecular weight is 201 g/mol. The van der Waals surface area contributed by atoms with Gasteiger partial charge in [-0.25, -0.2) is 15.0 Å². The van der Waals surface area contributed by atoms with E-state index in [9.17, 15) is 0 Å². The minimum absolute atomic E-state index is 0.149. The molecule has 0 bridgehead atoms. The van der Waals surface area contributed by atoms with Gasteiger partial charge in [0.1, 0.15) is 23.8 Å². The Morgan fingerprint density at radius 2 is 2.27 bits per heavy atom. The normalized spacial score (nSPS) is 9.87. The molecule has 0 aromatic carbocycles. The molecule has 0 saturated heterocycles. The zero-order chi connectivity index (χ0) is 10.8. The van der Waals surface area contributed by atoms with Crippen molar-refractivity contribution in [1.82, 2.24) is 25.1 Å². The summed E-state index contributed by atoms with van der Waals surface area (Å²) in [4.78, 5) is 12.0. The largest absolute Gasteiger partial charge is 0.382 e. The number of aryl methyl sites for hydroxylation is 1. The number of nitrogens with two attached hydrogens (primary N) is 1. The smallest absolute Gasteiger partial charge is 0.199 e. The monoisotopic (exact) mass is 201 g/mol. The van der Waals surface area contributed by atoms with Crippen LogP contribution in [0.15, 0.2) is 6.33 Å². The van der Waals surface area contributed by atoms with Crippen molar-refractivity contribution in [2.75, 3.05) is 5.73 Å². The molecule has 0 radical (unpaired) electrons. The Kier molecular flexibility index (Phi) is 2.02. The maximum atomic E-state index is 8.77. The first-order valence-electron chi connectivity index (χ1n) is 4.12. The molecule has 15 heavy (non-hydrogen) atoms. The molecule has 0 saturated carbocycles. The predicted octanol–water partition coefficient (Wildman–Crippen LogP) is 0.0240. The van der Waals surface area contributed by atoms with Crippen LogP contribution in [0, 0.1) is 18.3 Å². The summed E-state index contributed by atoms with van der Waals surface area (Å²) in [5.41, 5.74) is 6.42. The number of H-pyrrole nitrogens is 1. The van der Waals surface area contributed by atoms with Gasteiger partial charge >= 0.3 is 0 Å². The Hall–Kier alpha value is -2.49. The Bertz CT molecular complexity index is 499. The summed E-state index contributed by atoms with van der Waals surface area (Å²) in [6.45, 7) is 1.69. The molecular formula is C8H7N7.